The lowest BCUT2D eigenvalue weighted by Gasteiger charge is -2.36. The first-order valence-corrected chi connectivity index (χ1v) is 10.9. The Hall–Kier alpha value is -2.05. The first kappa shape index (κ1) is 19.3. The molecule has 0 spiro atoms. The van der Waals surface area contributed by atoms with Gasteiger partial charge < -0.3 is 9.88 Å². The van der Waals surface area contributed by atoms with E-state index < -0.39 is 0 Å². The first-order valence-electron chi connectivity index (χ1n) is 10.2. The van der Waals surface area contributed by atoms with Crippen LogP contribution in [0.3, 0.4) is 0 Å². The number of thiol groups is 1. The number of aryl methyl sites for hydroxylation is 2. The smallest absolute Gasteiger partial charge is 0.135 e. The lowest BCUT2D eigenvalue weighted by atomic mass is 10.1. The van der Waals surface area contributed by atoms with Gasteiger partial charge in [0, 0.05) is 60.8 Å². The molecule has 0 amide bonds. The van der Waals surface area contributed by atoms with Crippen molar-refractivity contribution in [2.24, 2.45) is 0 Å². The summed E-state index contributed by atoms with van der Waals surface area (Å²) in [5.41, 5.74) is 5.18. The third kappa shape index (κ3) is 4.18. The van der Waals surface area contributed by atoms with Crippen LogP contribution < -0.4 is 4.90 Å². The molecule has 1 N–H and O–H groups in total. The molecule has 1 aromatic carbocycles. The average Bonchev–Trinajstić information content (AvgIpc) is 3.16. The van der Waals surface area contributed by atoms with Crippen molar-refractivity contribution in [1.29, 1.82) is 0 Å². The number of nitrogens with one attached hydrogen (secondary N) is 1. The van der Waals surface area contributed by atoms with Crippen LogP contribution in [0.25, 0.3) is 10.9 Å². The van der Waals surface area contributed by atoms with E-state index in [0.29, 0.717) is 0 Å². The van der Waals surface area contributed by atoms with Gasteiger partial charge in [-0.15, -0.1) is 0 Å². The first-order chi connectivity index (χ1) is 13.8. The fourth-order valence-electron chi connectivity index (χ4n) is 4.09. The summed E-state index contributed by atoms with van der Waals surface area (Å²) in [5, 5.41) is 1.35. The number of piperazine rings is 1. The summed E-state index contributed by atoms with van der Waals surface area (Å²) >= 11 is 4.41. The van der Waals surface area contributed by atoms with E-state index in [0.717, 1.165) is 57.1 Å². The Morgan fingerprint density at radius 1 is 1.14 bits per heavy atom. The molecule has 1 aliphatic heterocycles. The lowest BCUT2D eigenvalue weighted by Crippen LogP contribution is -2.47. The Bertz CT molecular complexity index is 914. The predicted molar refractivity (Wildman–Crippen MR) is 119 cm³/mol. The highest BCUT2D eigenvalue weighted by Gasteiger charge is 2.19. The third-order valence-electron chi connectivity index (χ3n) is 5.75. The van der Waals surface area contributed by atoms with Crippen LogP contribution >= 0.6 is 12.6 Å². The van der Waals surface area contributed by atoms with Gasteiger partial charge in [0.25, 0.3) is 0 Å². The summed E-state index contributed by atoms with van der Waals surface area (Å²) in [5.74, 6) is 1.91. The van der Waals surface area contributed by atoms with Crippen LogP contribution in [0.5, 0.6) is 0 Å². The summed E-state index contributed by atoms with van der Waals surface area (Å²) in [6.07, 6.45) is 9.08. The molecule has 0 saturated carbocycles. The highest BCUT2D eigenvalue weighted by molar-refractivity contribution is 7.79. The molecule has 0 bridgehead atoms. The molecule has 28 heavy (non-hydrogen) atoms. The molecule has 148 valence electrons. The fourth-order valence-corrected chi connectivity index (χ4v) is 4.29. The Balaban J connectivity index is 1.29. The molecule has 3 heterocycles. The number of H-pyrrole nitrogens is 1. The largest absolute Gasteiger partial charge is 0.361 e. The third-order valence-corrected chi connectivity index (χ3v) is 6.12. The Kier molecular flexibility index (Phi) is 6.17. The summed E-state index contributed by atoms with van der Waals surface area (Å²) in [4.78, 5) is 17.1. The fraction of sp³-hybridized carbons (Fsp3) is 0.455. The number of rotatable bonds is 7. The molecule has 2 aromatic heterocycles. The topological polar surface area (TPSA) is 48.1 Å². The van der Waals surface area contributed by atoms with Crippen molar-refractivity contribution in [2.45, 2.75) is 31.9 Å². The van der Waals surface area contributed by atoms with Crippen molar-refractivity contribution in [3.8, 4) is 0 Å². The van der Waals surface area contributed by atoms with Gasteiger partial charge in [0.2, 0.25) is 0 Å². The summed E-state index contributed by atoms with van der Waals surface area (Å²) in [6.45, 7) is 7.61. The maximum atomic E-state index is 4.52. The normalized spacial score (nSPS) is 15.4. The second-order valence-corrected chi connectivity index (χ2v) is 7.83. The van der Waals surface area contributed by atoms with E-state index in [1.807, 2.05) is 6.20 Å². The molecule has 0 radical (unpaired) electrons. The molecular formula is C22H29N5S. The molecular weight excluding hydrogens is 366 g/mol. The van der Waals surface area contributed by atoms with Gasteiger partial charge in [-0.25, -0.2) is 9.97 Å². The van der Waals surface area contributed by atoms with Crippen molar-refractivity contribution in [2.75, 3.05) is 37.6 Å². The average molecular weight is 396 g/mol. The van der Waals surface area contributed by atoms with E-state index in [2.05, 4.69) is 68.7 Å². The van der Waals surface area contributed by atoms with E-state index in [9.17, 15) is 0 Å². The number of anilines is 1. The monoisotopic (exact) mass is 395 g/mol. The highest BCUT2D eigenvalue weighted by atomic mass is 32.1. The zero-order valence-corrected chi connectivity index (χ0v) is 17.5. The van der Waals surface area contributed by atoms with Gasteiger partial charge in [0.1, 0.15) is 12.1 Å². The molecule has 1 saturated heterocycles. The van der Waals surface area contributed by atoms with Crippen molar-refractivity contribution in [3.05, 3.63) is 53.6 Å². The van der Waals surface area contributed by atoms with Crippen molar-refractivity contribution >= 4 is 29.3 Å². The summed E-state index contributed by atoms with van der Waals surface area (Å²) < 4.78 is 0. The van der Waals surface area contributed by atoms with Crippen LogP contribution in [0, 0.1) is 0 Å². The minimum atomic E-state index is 0.789. The Morgan fingerprint density at radius 3 is 2.79 bits per heavy atom. The number of aromatic nitrogens is 3. The van der Waals surface area contributed by atoms with E-state index >= 15 is 0 Å². The molecule has 4 rings (SSSR count). The number of benzene rings is 1. The quantitative estimate of drug-likeness (QED) is 0.599. The number of fused-ring (bicyclic) bond motifs is 1. The molecule has 0 unspecified atom stereocenters. The zero-order chi connectivity index (χ0) is 19.3. The van der Waals surface area contributed by atoms with Gasteiger partial charge in [0.15, 0.2) is 0 Å². The van der Waals surface area contributed by atoms with Crippen molar-refractivity contribution in [3.63, 3.8) is 0 Å². The summed E-state index contributed by atoms with van der Waals surface area (Å²) in [7, 11) is 0. The van der Waals surface area contributed by atoms with Crippen LogP contribution in [-0.2, 0) is 18.6 Å². The Morgan fingerprint density at radius 2 is 2.00 bits per heavy atom. The van der Waals surface area contributed by atoms with Crippen LogP contribution in [0.1, 0.15) is 30.0 Å². The van der Waals surface area contributed by atoms with Gasteiger partial charge in [-0.05, 0) is 49.1 Å². The van der Waals surface area contributed by atoms with Gasteiger partial charge in [-0.2, -0.15) is 12.6 Å². The molecule has 0 atom stereocenters. The lowest BCUT2D eigenvalue weighted by molar-refractivity contribution is 0.254. The van der Waals surface area contributed by atoms with Gasteiger partial charge >= 0.3 is 0 Å². The maximum Gasteiger partial charge on any atom is 0.135 e. The highest BCUT2D eigenvalue weighted by Crippen LogP contribution is 2.22. The van der Waals surface area contributed by atoms with Crippen LogP contribution in [-0.4, -0.2) is 52.6 Å². The van der Waals surface area contributed by atoms with E-state index in [1.165, 1.54) is 34.0 Å². The molecule has 0 aliphatic carbocycles. The minimum Gasteiger partial charge on any atom is -0.361 e. The van der Waals surface area contributed by atoms with Crippen molar-refractivity contribution in [1.82, 2.24) is 19.9 Å². The van der Waals surface area contributed by atoms with Crippen molar-refractivity contribution < 1.29 is 0 Å². The van der Waals surface area contributed by atoms with Crippen LogP contribution in [0.2, 0.25) is 0 Å². The number of aromatic amines is 1. The molecule has 3 aromatic rings. The number of nitrogens with zero attached hydrogens (tertiary/aromatic N) is 4. The second kappa shape index (κ2) is 8.97. The van der Waals surface area contributed by atoms with Gasteiger partial charge in [-0.3, -0.25) is 4.90 Å². The van der Waals surface area contributed by atoms with E-state index in [1.54, 1.807) is 6.33 Å². The maximum absolute atomic E-state index is 4.52. The zero-order valence-electron chi connectivity index (χ0n) is 16.6. The molecule has 6 heteroatoms. The number of hydrogen-bond donors (Lipinski definition) is 2. The van der Waals surface area contributed by atoms with Gasteiger partial charge in [0.05, 0.1) is 0 Å². The van der Waals surface area contributed by atoms with E-state index in [4.69, 9.17) is 0 Å². The Labute approximate surface area is 172 Å². The molecule has 5 nitrogen and oxygen atoms in total. The standard InChI is InChI=1S/C22H29N5S/c1-2-18-13-23-16-25-22(18)27-10-8-26(9-11-27)7-3-4-19-14-24-21-6-5-17(15-28)12-20(19)21/h5-6,12-14,16,24,28H,2-4,7-11,15H2,1H3. The predicted octanol–water partition coefficient (Wildman–Crippen LogP) is 3.70. The minimum absolute atomic E-state index is 0.789. The molecule has 1 fully saturated rings. The number of hydrogen-bond acceptors (Lipinski definition) is 5. The second-order valence-electron chi connectivity index (χ2n) is 7.51. The summed E-state index contributed by atoms with van der Waals surface area (Å²) in [6, 6.07) is 6.60. The van der Waals surface area contributed by atoms with Crippen LogP contribution in [0.15, 0.2) is 36.9 Å². The van der Waals surface area contributed by atoms with E-state index in [-0.39, 0.29) is 0 Å². The van der Waals surface area contributed by atoms with Crippen LogP contribution in [0.4, 0.5) is 5.82 Å². The SMILES string of the molecule is CCc1cncnc1N1CCN(CCCc2c[nH]c3ccc(CS)cc23)CC1. The molecule has 1 aliphatic rings. The van der Waals surface area contributed by atoms with Gasteiger partial charge in [-0.1, -0.05) is 13.0 Å².